The maximum Gasteiger partial charge on any atom is 0.321 e. The molecular weight excluding hydrogens is 504 g/mol. The minimum Gasteiger partial charge on any atom is -0.481 e. The quantitative estimate of drug-likeness (QED) is 0.316. The van der Waals surface area contributed by atoms with E-state index in [0.717, 1.165) is 26.9 Å². The molecule has 0 unspecified atom stereocenters. The van der Waals surface area contributed by atoms with E-state index in [-0.39, 0.29) is 6.03 Å². The second-order valence-corrected chi connectivity index (χ2v) is 16.2. The van der Waals surface area contributed by atoms with E-state index in [2.05, 4.69) is 56.7 Å². The van der Waals surface area contributed by atoms with Crippen molar-refractivity contribution in [2.45, 2.75) is 46.3 Å². The number of carboxylic acid groups (broad SMARTS) is 1. The molecule has 3 N–H and O–H groups in total. The molecule has 2 aromatic heterocycles. The molecule has 0 atom stereocenters. The third kappa shape index (κ3) is 6.26. The molecule has 1 fully saturated rings. The molecule has 194 valence electrons. The Hall–Kier alpha value is -3.49. The van der Waals surface area contributed by atoms with Crippen LogP contribution < -0.4 is 15.5 Å². The maximum atomic E-state index is 12.0. The number of anilines is 2. The van der Waals surface area contributed by atoms with Gasteiger partial charge in [-0.05, 0) is 44.4 Å². The van der Waals surface area contributed by atoms with Gasteiger partial charge in [-0.25, -0.2) is 19.7 Å². The molecule has 1 aliphatic heterocycles. The number of aromatic nitrogens is 3. The van der Waals surface area contributed by atoms with Gasteiger partial charge in [0.2, 0.25) is 5.95 Å². The summed E-state index contributed by atoms with van der Waals surface area (Å²) in [5.74, 6) is 3.21. The lowest BCUT2D eigenvalue weighted by Crippen LogP contribution is -2.43. The molecule has 3 heterocycles. The number of hydrogen-bond acceptors (Lipinski definition) is 7. The fourth-order valence-electron chi connectivity index (χ4n) is 3.95. The number of hydrogen-bond donors (Lipinski definition) is 3. The van der Waals surface area contributed by atoms with Gasteiger partial charge in [0.1, 0.15) is 8.07 Å². The summed E-state index contributed by atoms with van der Waals surface area (Å²) in [5, 5.41) is 15.5. The smallest absolute Gasteiger partial charge is 0.321 e. The highest BCUT2D eigenvalue weighted by molar-refractivity contribution is 7.22. The van der Waals surface area contributed by atoms with Crippen molar-refractivity contribution >= 4 is 52.7 Å². The van der Waals surface area contributed by atoms with E-state index in [0.29, 0.717) is 43.6 Å². The Balaban J connectivity index is 1.64. The molecule has 9 nitrogen and oxygen atoms in total. The minimum absolute atomic E-state index is 0.290. The average Bonchev–Trinajstić information content (AvgIpc) is 3.25. The summed E-state index contributed by atoms with van der Waals surface area (Å²) in [6, 6.07) is 3.70. The second-order valence-electron chi connectivity index (χ2n) is 10.5. The average molecular weight is 537 g/mol. The highest BCUT2D eigenvalue weighted by Crippen LogP contribution is 2.35. The molecule has 37 heavy (non-hydrogen) atoms. The summed E-state index contributed by atoms with van der Waals surface area (Å²) in [5.41, 5.74) is 6.08. The van der Waals surface area contributed by atoms with Crippen molar-refractivity contribution in [1.82, 2.24) is 20.3 Å². The van der Waals surface area contributed by atoms with Gasteiger partial charge >= 0.3 is 12.0 Å². The first-order valence-corrected chi connectivity index (χ1v) is 16.6. The van der Waals surface area contributed by atoms with Crippen molar-refractivity contribution < 1.29 is 14.7 Å². The Morgan fingerprint density at radius 2 is 1.84 bits per heavy atom. The number of thiazole rings is 1. The van der Waals surface area contributed by atoms with E-state index >= 15 is 0 Å². The SMILES string of the molecule is CCNC(=O)Nc1nc2cc(-c3cnc(N4CCC(C)(C(=O)O)CC4)nc3)cc(C#C[Si](C)(C)C)c2s1. The lowest BCUT2D eigenvalue weighted by molar-refractivity contribution is -0.149. The van der Waals surface area contributed by atoms with Crippen LogP contribution in [-0.2, 0) is 4.79 Å². The number of amides is 2. The first-order chi connectivity index (χ1) is 17.5. The van der Waals surface area contributed by atoms with Crippen LogP contribution in [0.3, 0.4) is 0 Å². The van der Waals surface area contributed by atoms with Crippen molar-refractivity contribution in [3.63, 3.8) is 0 Å². The van der Waals surface area contributed by atoms with E-state index < -0.39 is 19.5 Å². The number of carboxylic acids is 1. The largest absolute Gasteiger partial charge is 0.481 e. The molecule has 1 saturated heterocycles. The molecule has 0 saturated carbocycles. The molecule has 1 aromatic carbocycles. The van der Waals surface area contributed by atoms with Crippen molar-refractivity contribution in [2.75, 3.05) is 29.9 Å². The van der Waals surface area contributed by atoms with Crippen molar-refractivity contribution in [1.29, 1.82) is 0 Å². The highest BCUT2D eigenvalue weighted by atomic mass is 32.1. The normalized spacial score (nSPS) is 15.1. The van der Waals surface area contributed by atoms with Gasteiger partial charge in [0, 0.05) is 43.2 Å². The van der Waals surface area contributed by atoms with Gasteiger partial charge in [-0.15, -0.1) is 5.54 Å². The van der Waals surface area contributed by atoms with Crippen LogP contribution >= 0.6 is 11.3 Å². The zero-order chi connectivity index (χ0) is 26.8. The van der Waals surface area contributed by atoms with Crippen LogP contribution in [0.1, 0.15) is 32.3 Å². The van der Waals surface area contributed by atoms with Crippen molar-refractivity contribution in [3.05, 3.63) is 30.1 Å². The number of nitrogens with zero attached hydrogens (tertiary/aromatic N) is 4. The number of aliphatic carboxylic acids is 1. The van der Waals surface area contributed by atoms with Gasteiger partial charge in [0.05, 0.1) is 15.6 Å². The number of benzene rings is 1. The Bertz CT molecular complexity index is 1380. The Morgan fingerprint density at radius 3 is 2.43 bits per heavy atom. The topological polar surface area (TPSA) is 120 Å². The second kappa shape index (κ2) is 10.5. The zero-order valence-electron chi connectivity index (χ0n) is 21.8. The molecular formula is C26H32N6O3SSi. The minimum atomic E-state index is -1.62. The standard InChI is InChI=1S/C26H32N6O3SSi/c1-6-27-24(35)31-25-30-20-14-18(13-17(21(20)36-25)7-12-37(3,4)5)19-15-28-23(29-16-19)32-10-8-26(2,9-11-32)22(33)34/h13-16H,6,8-11H2,1-5H3,(H,33,34)(H2,27,30,31,35). The van der Waals surface area contributed by atoms with Gasteiger partial charge in [-0.2, -0.15) is 0 Å². The van der Waals surface area contributed by atoms with E-state index in [1.807, 2.05) is 24.0 Å². The van der Waals surface area contributed by atoms with Crippen LogP contribution in [0.25, 0.3) is 21.3 Å². The van der Waals surface area contributed by atoms with Crippen LogP contribution in [0.2, 0.25) is 19.6 Å². The third-order valence-corrected chi connectivity index (χ3v) is 8.15. The Morgan fingerprint density at radius 1 is 1.16 bits per heavy atom. The summed E-state index contributed by atoms with van der Waals surface area (Å²) in [4.78, 5) is 39.4. The molecule has 0 radical (unpaired) electrons. The van der Waals surface area contributed by atoms with Crippen molar-refractivity contribution in [2.24, 2.45) is 5.41 Å². The zero-order valence-corrected chi connectivity index (χ0v) is 23.6. The molecule has 1 aliphatic rings. The van der Waals surface area contributed by atoms with E-state index in [1.54, 1.807) is 19.3 Å². The summed E-state index contributed by atoms with van der Waals surface area (Å²) in [6.07, 6.45) is 4.67. The first kappa shape index (κ1) is 26.6. The molecule has 2 amide bonds. The Labute approximate surface area is 221 Å². The monoisotopic (exact) mass is 536 g/mol. The predicted octanol–water partition coefficient (Wildman–Crippen LogP) is 4.81. The summed E-state index contributed by atoms with van der Waals surface area (Å²) >= 11 is 1.41. The van der Waals surface area contributed by atoms with Crippen molar-refractivity contribution in [3.8, 4) is 22.6 Å². The number of piperidine rings is 1. The van der Waals surface area contributed by atoms with E-state index in [9.17, 15) is 14.7 Å². The predicted molar refractivity (Wildman–Crippen MR) is 151 cm³/mol. The van der Waals surface area contributed by atoms with Crippen LogP contribution in [0.4, 0.5) is 15.9 Å². The van der Waals surface area contributed by atoms with Crippen LogP contribution in [0.15, 0.2) is 24.5 Å². The van der Waals surface area contributed by atoms with Gasteiger partial charge < -0.3 is 15.3 Å². The molecule has 0 aliphatic carbocycles. The number of urea groups is 1. The van der Waals surface area contributed by atoms with E-state index in [4.69, 9.17) is 0 Å². The number of rotatable bonds is 5. The fraction of sp³-hybridized carbons (Fsp3) is 0.423. The number of fused-ring (bicyclic) bond motifs is 1. The van der Waals surface area contributed by atoms with Crippen LogP contribution in [-0.4, -0.2) is 59.8 Å². The lowest BCUT2D eigenvalue weighted by Gasteiger charge is -2.36. The number of nitrogens with one attached hydrogen (secondary N) is 2. The van der Waals surface area contributed by atoms with E-state index in [1.165, 1.54) is 11.3 Å². The summed E-state index contributed by atoms with van der Waals surface area (Å²) in [7, 11) is -1.62. The molecule has 11 heteroatoms. The molecule has 0 spiro atoms. The Kier molecular flexibility index (Phi) is 7.52. The highest BCUT2D eigenvalue weighted by Gasteiger charge is 2.37. The molecule has 4 rings (SSSR count). The van der Waals surface area contributed by atoms with Crippen LogP contribution in [0, 0.1) is 16.9 Å². The summed E-state index contributed by atoms with van der Waals surface area (Å²) < 4.78 is 0.925. The van der Waals surface area contributed by atoms with Gasteiger partial charge in [0.15, 0.2) is 5.13 Å². The van der Waals surface area contributed by atoms with Crippen LogP contribution in [0.5, 0.6) is 0 Å². The third-order valence-electron chi connectivity index (χ3n) is 6.26. The maximum absolute atomic E-state index is 12.0. The summed E-state index contributed by atoms with van der Waals surface area (Å²) in [6.45, 7) is 12.0. The number of carbonyl (C=O) groups excluding carboxylic acids is 1. The number of carbonyl (C=O) groups is 2. The van der Waals surface area contributed by atoms with Gasteiger partial charge in [-0.3, -0.25) is 10.1 Å². The first-order valence-electron chi connectivity index (χ1n) is 12.3. The molecule has 3 aromatic rings. The fourth-order valence-corrected chi connectivity index (χ4v) is 5.37. The lowest BCUT2D eigenvalue weighted by atomic mass is 9.80. The van der Waals surface area contributed by atoms with Gasteiger partial charge in [0.25, 0.3) is 0 Å². The molecule has 0 bridgehead atoms. The van der Waals surface area contributed by atoms with Gasteiger partial charge in [-0.1, -0.05) is 36.9 Å².